The van der Waals surface area contributed by atoms with Crippen LogP contribution in [0.5, 0.6) is 0 Å². The summed E-state index contributed by atoms with van der Waals surface area (Å²) >= 11 is 0. The average molecular weight is 451 g/mol. The van der Waals surface area contributed by atoms with Crippen LogP contribution in [0, 0.1) is 16.7 Å². The van der Waals surface area contributed by atoms with Crippen LogP contribution < -0.4 is 4.72 Å². The Bertz CT molecular complexity index is 1100. The van der Waals surface area contributed by atoms with E-state index in [0.717, 1.165) is 43.1 Å². The number of unbranched alkanes of at least 4 members (excludes halogenated alkanes) is 1. The zero-order chi connectivity index (χ0) is 22.6. The lowest BCUT2D eigenvalue weighted by atomic mass is 9.99. The molecule has 0 saturated carbocycles. The first-order valence-corrected chi connectivity index (χ1v) is 11.4. The third-order valence-electron chi connectivity index (χ3n) is 5.38. The van der Waals surface area contributed by atoms with Crippen LogP contribution in [0.3, 0.4) is 0 Å². The summed E-state index contributed by atoms with van der Waals surface area (Å²) in [5.74, 6) is 0. The predicted octanol–water partition coefficient (Wildman–Crippen LogP) is 2.71. The van der Waals surface area contributed by atoms with E-state index < -0.39 is 10.0 Å². The highest BCUT2D eigenvalue weighted by Crippen LogP contribution is 2.24. The molecule has 0 spiro atoms. The van der Waals surface area contributed by atoms with E-state index in [1.54, 1.807) is 19.1 Å². The number of fused-ring (bicyclic) bond motifs is 1. The average Bonchev–Trinajstić information content (AvgIpc) is 2.72. The van der Waals surface area contributed by atoms with E-state index >= 15 is 0 Å². The number of aryl methyl sites for hydroxylation is 1. The van der Waals surface area contributed by atoms with Crippen LogP contribution in [0.4, 0.5) is 11.4 Å². The highest BCUT2D eigenvalue weighted by molar-refractivity contribution is 7.89. The van der Waals surface area contributed by atoms with Gasteiger partial charge in [-0.05, 0) is 49.4 Å². The Morgan fingerprint density at radius 1 is 1.00 bits per heavy atom. The van der Waals surface area contributed by atoms with E-state index in [-0.39, 0.29) is 32.7 Å². The maximum absolute atomic E-state index is 12.5. The van der Waals surface area contributed by atoms with Crippen LogP contribution in [-0.2, 0) is 23.0 Å². The molecule has 31 heavy (non-hydrogen) atoms. The Kier molecular flexibility index (Phi) is 6.98. The smallest absolute Gasteiger partial charge is 0.299 e. The van der Waals surface area contributed by atoms with Crippen molar-refractivity contribution in [3.05, 3.63) is 62.9 Å². The summed E-state index contributed by atoms with van der Waals surface area (Å²) in [6, 6.07) is 9.09. The summed E-state index contributed by atoms with van der Waals surface area (Å²) in [5.41, 5.74) is 2.69. The van der Waals surface area contributed by atoms with Crippen molar-refractivity contribution in [2.75, 3.05) is 19.6 Å². The first-order valence-electron chi connectivity index (χ1n) is 9.94. The highest BCUT2D eigenvalue weighted by atomic mass is 32.2. The number of sulfonamides is 1. The summed E-state index contributed by atoms with van der Waals surface area (Å²) in [6.07, 6.45) is 2.25. The second kappa shape index (κ2) is 9.50. The normalized spacial score (nSPS) is 14.2. The van der Waals surface area contributed by atoms with Gasteiger partial charge in [-0.25, -0.2) is 23.6 Å². The van der Waals surface area contributed by atoms with Crippen molar-refractivity contribution in [3.63, 3.8) is 0 Å². The maximum atomic E-state index is 12.5. The number of benzene rings is 2. The summed E-state index contributed by atoms with van der Waals surface area (Å²) in [6.45, 7) is 4.18. The lowest BCUT2D eigenvalue weighted by Gasteiger charge is -2.28. The van der Waals surface area contributed by atoms with Gasteiger partial charge < -0.3 is 0 Å². The molecule has 2 aromatic carbocycles. The maximum Gasteiger partial charge on any atom is 0.317 e. The monoisotopic (exact) mass is 450 g/mol. The molecular formula is C20H26N4O6S+2. The minimum absolute atomic E-state index is 0.0420. The molecule has 0 bridgehead atoms. The van der Waals surface area contributed by atoms with E-state index in [2.05, 4.69) is 9.62 Å². The molecule has 1 aliphatic rings. The molecule has 0 atom stereocenters. The fourth-order valence-corrected chi connectivity index (χ4v) is 4.99. The number of hydrogen-bond acceptors (Lipinski definition) is 5. The molecule has 1 aliphatic heterocycles. The predicted molar refractivity (Wildman–Crippen MR) is 111 cm³/mol. The molecule has 11 heteroatoms. The van der Waals surface area contributed by atoms with Crippen LogP contribution in [0.15, 0.2) is 41.3 Å². The fourth-order valence-electron chi connectivity index (χ4n) is 3.65. The number of rotatable bonds is 9. The zero-order valence-electron chi connectivity index (χ0n) is 17.2. The third kappa shape index (κ3) is 5.63. The summed E-state index contributed by atoms with van der Waals surface area (Å²) in [4.78, 5) is 23.8. The van der Waals surface area contributed by atoms with Gasteiger partial charge in [0.25, 0.3) is 9.85 Å². The fraction of sp³-hybridized carbons (Fsp3) is 0.400. The third-order valence-corrected chi connectivity index (χ3v) is 6.98. The Morgan fingerprint density at radius 3 is 2.39 bits per heavy atom. The lowest BCUT2D eigenvalue weighted by molar-refractivity contribution is -0.729. The SMILES string of the molecule is Cc1ccc([N+](=O)O)cc1S(=O)(=O)NCCCCN1CCc2ccc([N+](=O)O)cc2C1. The number of nitrogens with one attached hydrogen (secondary N) is 1. The molecule has 2 aromatic rings. The Labute approximate surface area is 180 Å². The van der Waals surface area contributed by atoms with Gasteiger partial charge in [-0.2, -0.15) is 0 Å². The first kappa shape index (κ1) is 22.8. The minimum Gasteiger partial charge on any atom is -0.299 e. The van der Waals surface area contributed by atoms with Crippen LogP contribution in [-0.4, -0.2) is 53.2 Å². The van der Waals surface area contributed by atoms with Gasteiger partial charge in [0.2, 0.25) is 10.0 Å². The van der Waals surface area contributed by atoms with Crippen LogP contribution in [0.2, 0.25) is 0 Å². The largest absolute Gasteiger partial charge is 0.317 e. The highest BCUT2D eigenvalue weighted by Gasteiger charge is 2.23. The van der Waals surface area contributed by atoms with Gasteiger partial charge in [0.15, 0.2) is 0 Å². The number of hydrogen-bond donors (Lipinski definition) is 3. The molecule has 10 nitrogen and oxygen atoms in total. The van der Waals surface area contributed by atoms with Crippen LogP contribution in [0.1, 0.15) is 29.5 Å². The molecule has 0 saturated heterocycles. The topological polar surface area (TPSA) is 130 Å². The first-order chi connectivity index (χ1) is 14.7. The van der Waals surface area contributed by atoms with E-state index in [1.165, 1.54) is 12.1 Å². The van der Waals surface area contributed by atoms with Gasteiger partial charge in [0.1, 0.15) is 0 Å². The van der Waals surface area contributed by atoms with E-state index in [4.69, 9.17) is 10.4 Å². The van der Waals surface area contributed by atoms with E-state index in [0.29, 0.717) is 18.5 Å². The molecule has 0 aliphatic carbocycles. The van der Waals surface area contributed by atoms with Gasteiger partial charge in [-0.1, -0.05) is 12.1 Å². The molecule has 3 N–H and O–H groups in total. The molecule has 0 unspecified atom stereocenters. The van der Waals surface area contributed by atoms with E-state index in [1.807, 2.05) is 6.07 Å². The van der Waals surface area contributed by atoms with Crippen molar-refractivity contribution in [3.8, 4) is 0 Å². The molecule has 3 rings (SSSR count). The quantitative estimate of drug-likeness (QED) is 0.395. The van der Waals surface area contributed by atoms with Crippen molar-refractivity contribution in [2.24, 2.45) is 0 Å². The van der Waals surface area contributed by atoms with Crippen molar-refractivity contribution >= 4 is 21.4 Å². The lowest BCUT2D eigenvalue weighted by Crippen LogP contribution is -2.32. The molecule has 0 radical (unpaired) electrons. The van der Waals surface area contributed by atoms with Crippen molar-refractivity contribution < 1.29 is 28.7 Å². The Balaban J connectivity index is 1.49. The van der Waals surface area contributed by atoms with Crippen molar-refractivity contribution in [1.82, 2.24) is 9.62 Å². The number of nitrogens with zero attached hydrogens (tertiary/aromatic N) is 3. The van der Waals surface area contributed by atoms with Gasteiger partial charge in [0.05, 0.1) is 14.7 Å². The van der Waals surface area contributed by atoms with Crippen molar-refractivity contribution in [2.45, 2.75) is 37.6 Å². The Hall–Kier alpha value is -2.89. The molecule has 1 heterocycles. The molecule has 0 fully saturated rings. The summed E-state index contributed by atoms with van der Waals surface area (Å²) in [7, 11) is -3.80. The van der Waals surface area contributed by atoms with Gasteiger partial charge in [-0.15, -0.1) is 0 Å². The van der Waals surface area contributed by atoms with Gasteiger partial charge in [0, 0.05) is 43.9 Å². The Morgan fingerprint density at radius 2 is 1.68 bits per heavy atom. The van der Waals surface area contributed by atoms with E-state index in [9.17, 15) is 18.2 Å². The summed E-state index contributed by atoms with van der Waals surface area (Å²) in [5, 5.41) is 18.1. The second-order valence-electron chi connectivity index (χ2n) is 7.58. The van der Waals surface area contributed by atoms with Gasteiger partial charge >= 0.3 is 11.4 Å². The van der Waals surface area contributed by atoms with Crippen LogP contribution >= 0.6 is 0 Å². The summed E-state index contributed by atoms with van der Waals surface area (Å²) < 4.78 is 27.6. The molecular weight excluding hydrogens is 424 g/mol. The zero-order valence-corrected chi connectivity index (χ0v) is 18.0. The van der Waals surface area contributed by atoms with Gasteiger partial charge in [-0.3, -0.25) is 4.90 Å². The molecule has 0 amide bonds. The minimum atomic E-state index is -3.80. The van der Waals surface area contributed by atoms with Crippen molar-refractivity contribution in [1.29, 1.82) is 0 Å². The standard InChI is InChI=1S/C20H26N4O6S/c1-15-4-6-19(24(27)28)13-20(15)31(29,30)21-9-2-3-10-22-11-8-16-5-7-18(23(25)26)12-17(16)14-22/h4-7,12-13,21H,2-3,8-11,14H2,1H3,(H,25,26)(H,27,28)/q+2. The van der Waals surface area contributed by atoms with Crippen LogP contribution in [0.25, 0.3) is 0 Å². The molecule has 166 valence electrons. The molecule has 0 aromatic heterocycles. The second-order valence-corrected chi connectivity index (χ2v) is 9.32.